The van der Waals surface area contributed by atoms with Crippen molar-refractivity contribution in [3.63, 3.8) is 0 Å². The maximum Gasteiger partial charge on any atom is 0.304 e. The van der Waals surface area contributed by atoms with E-state index in [2.05, 4.69) is 16.9 Å². The van der Waals surface area contributed by atoms with Gasteiger partial charge < -0.3 is 10.3 Å². The summed E-state index contributed by atoms with van der Waals surface area (Å²) in [6.07, 6.45) is 5.33. The van der Waals surface area contributed by atoms with Gasteiger partial charge in [-0.05, 0) is 43.5 Å². The van der Waals surface area contributed by atoms with Crippen molar-refractivity contribution >= 4 is 50.0 Å². The van der Waals surface area contributed by atoms with Crippen molar-refractivity contribution in [1.29, 1.82) is 0 Å². The molecule has 0 saturated carbocycles. The van der Waals surface area contributed by atoms with Gasteiger partial charge in [0.25, 0.3) is 0 Å². The molecule has 1 aromatic carbocycles. The van der Waals surface area contributed by atoms with Crippen LogP contribution in [0.3, 0.4) is 0 Å². The molecule has 2 aliphatic rings. The van der Waals surface area contributed by atoms with E-state index >= 15 is 0 Å². The molecule has 2 aliphatic heterocycles. The molecule has 1 aromatic heterocycles. The molecular formula is C18H22Cl2N4O2S. The number of hydrogen-bond donors (Lipinski definition) is 2. The Balaban J connectivity index is 1.82. The van der Waals surface area contributed by atoms with Crippen LogP contribution in [0.4, 0.5) is 5.69 Å². The van der Waals surface area contributed by atoms with Gasteiger partial charge in [-0.15, -0.1) is 6.58 Å². The summed E-state index contributed by atoms with van der Waals surface area (Å²) in [6.45, 7) is 6.55. The van der Waals surface area contributed by atoms with E-state index in [1.165, 1.54) is 4.31 Å². The number of aromatic amines is 1. The molecule has 9 heteroatoms. The number of rotatable bonds is 4. The molecule has 0 amide bonds. The number of nitrogens with zero attached hydrogens (tertiary/aromatic N) is 2. The predicted molar refractivity (Wildman–Crippen MR) is 111 cm³/mol. The van der Waals surface area contributed by atoms with Crippen LogP contribution >= 0.6 is 23.2 Å². The van der Waals surface area contributed by atoms with Gasteiger partial charge in [-0.2, -0.15) is 12.7 Å². The minimum Gasteiger partial charge on any atom is -0.358 e. The average Bonchev–Trinajstić information content (AvgIpc) is 3.02. The molecule has 1 fully saturated rings. The summed E-state index contributed by atoms with van der Waals surface area (Å²) in [4.78, 5) is 3.09. The lowest BCUT2D eigenvalue weighted by atomic mass is 9.99. The minimum atomic E-state index is -3.67. The molecule has 2 aromatic rings. The summed E-state index contributed by atoms with van der Waals surface area (Å²) in [5.41, 5.74) is 2.12. The van der Waals surface area contributed by atoms with Crippen LogP contribution in [-0.4, -0.2) is 43.9 Å². The number of fused-ring (bicyclic) bond motifs is 3. The topological polar surface area (TPSA) is 68.4 Å². The quantitative estimate of drug-likeness (QED) is 0.731. The fraction of sp³-hybridized carbons (Fsp3) is 0.444. The zero-order valence-corrected chi connectivity index (χ0v) is 17.2. The van der Waals surface area contributed by atoms with Gasteiger partial charge in [-0.1, -0.05) is 29.3 Å². The number of hydrogen-bond acceptors (Lipinski definition) is 3. The monoisotopic (exact) mass is 428 g/mol. The molecule has 146 valence electrons. The fourth-order valence-electron chi connectivity index (χ4n) is 4.03. The Kier molecular flexibility index (Phi) is 5.16. The lowest BCUT2D eigenvalue weighted by Gasteiger charge is -2.39. The third kappa shape index (κ3) is 3.25. The number of anilines is 1. The lowest BCUT2D eigenvalue weighted by Crippen LogP contribution is -2.50. The van der Waals surface area contributed by atoms with E-state index in [0.29, 0.717) is 45.6 Å². The predicted octanol–water partition coefficient (Wildman–Crippen LogP) is 3.53. The van der Waals surface area contributed by atoms with Crippen molar-refractivity contribution in [2.24, 2.45) is 5.92 Å². The highest BCUT2D eigenvalue weighted by molar-refractivity contribution is 7.90. The van der Waals surface area contributed by atoms with Crippen LogP contribution in [0.5, 0.6) is 0 Å². The first-order valence-electron chi connectivity index (χ1n) is 9.01. The molecule has 0 aliphatic carbocycles. The molecule has 3 heterocycles. The van der Waals surface area contributed by atoms with Crippen LogP contribution in [0, 0.1) is 5.92 Å². The number of benzene rings is 1. The SMILES string of the molecule is C=CCN1c2c(cc(Cl)c3c(Cl)c[nH]c23)CN(CC2CCCNC2)S1(=O)=O. The third-order valence-corrected chi connectivity index (χ3v) is 7.68. The van der Waals surface area contributed by atoms with Gasteiger partial charge in [-0.25, -0.2) is 0 Å². The second-order valence-electron chi connectivity index (χ2n) is 7.09. The zero-order chi connectivity index (χ0) is 19.2. The standard InChI is InChI=1S/C18H22Cl2N4O2S/c1-2-6-24-18-13(7-14(19)16-15(20)9-22-17(16)18)11-23(27(24,25)26)10-12-4-3-5-21-8-12/h2,7,9,12,21-22H,1,3-6,8,10-11H2. The van der Waals surface area contributed by atoms with Crippen LogP contribution < -0.4 is 9.62 Å². The van der Waals surface area contributed by atoms with E-state index in [9.17, 15) is 8.42 Å². The van der Waals surface area contributed by atoms with Gasteiger partial charge in [0.1, 0.15) is 0 Å². The summed E-state index contributed by atoms with van der Waals surface area (Å²) in [5.74, 6) is 0.305. The van der Waals surface area contributed by atoms with E-state index in [0.717, 1.165) is 31.5 Å². The van der Waals surface area contributed by atoms with Gasteiger partial charge in [0, 0.05) is 24.7 Å². The number of H-pyrrole nitrogens is 1. The summed E-state index contributed by atoms with van der Waals surface area (Å²) in [7, 11) is -3.67. The summed E-state index contributed by atoms with van der Waals surface area (Å²) in [6, 6.07) is 1.83. The molecule has 1 saturated heterocycles. The van der Waals surface area contributed by atoms with E-state index in [-0.39, 0.29) is 6.54 Å². The second kappa shape index (κ2) is 7.29. The average molecular weight is 429 g/mol. The van der Waals surface area contributed by atoms with Crippen LogP contribution in [-0.2, 0) is 16.8 Å². The smallest absolute Gasteiger partial charge is 0.304 e. The first-order chi connectivity index (χ1) is 12.9. The minimum absolute atomic E-state index is 0.183. The maximum atomic E-state index is 13.4. The van der Waals surface area contributed by atoms with Crippen molar-refractivity contribution in [3.8, 4) is 0 Å². The summed E-state index contributed by atoms with van der Waals surface area (Å²) >= 11 is 12.7. The zero-order valence-electron chi connectivity index (χ0n) is 14.8. The first-order valence-corrected chi connectivity index (χ1v) is 11.2. The number of aromatic nitrogens is 1. The van der Waals surface area contributed by atoms with Crippen molar-refractivity contribution in [3.05, 3.63) is 40.5 Å². The van der Waals surface area contributed by atoms with Gasteiger partial charge in [0.05, 0.1) is 27.8 Å². The van der Waals surface area contributed by atoms with E-state index in [1.807, 2.05) is 6.07 Å². The number of halogens is 2. The lowest BCUT2D eigenvalue weighted by molar-refractivity contribution is 0.285. The molecule has 27 heavy (non-hydrogen) atoms. The van der Waals surface area contributed by atoms with E-state index in [1.54, 1.807) is 16.6 Å². The van der Waals surface area contributed by atoms with Gasteiger partial charge in [0.15, 0.2) is 0 Å². The van der Waals surface area contributed by atoms with Gasteiger partial charge in [-0.3, -0.25) is 4.31 Å². The maximum absolute atomic E-state index is 13.4. The van der Waals surface area contributed by atoms with Crippen LogP contribution in [0.25, 0.3) is 10.9 Å². The Morgan fingerprint density at radius 3 is 2.85 bits per heavy atom. The normalized spacial score (nSPS) is 22.7. The summed E-state index contributed by atoms with van der Waals surface area (Å²) < 4.78 is 29.7. The molecule has 1 unspecified atom stereocenters. The van der Waals surface area contributed by atoms with E-state index in [4.69, 9.17) is 23.2 Å². The van der Waals surface area contributed by atoms with E-state index < -0.39 is 10.2 Å². The fourth-order valence-corrected chi connectivity index (χ4v) is 6.38. The third-order valence-electron chi connectivity index (χ3n) is 5.27. The van der Waals surface area contributed by atoms with Gasteiger partial charge >= 0.3 is 10.2 Å². The van der Waals surface area contributed by atoms with Crippen LogP contribution in [0.2, 0.25) is 10.0 Å². The molecule has 6 nitrogen and oxygen atoms in total. The first kappa shape index (κ1) is 19.1. The second-order valence-corrected chi connectivity index (χ2v) is 9.75. The van der Waals surface area contributed by atoms with Crippen molar-refractivity contribution in [2.75, 3.05) is 30.5 Å². The number of nitrogens with one attached hydrogen (secondary N) is 2. The molecule has 1 atom stereocenters. The Labute approximate surface area is 169 Å². The highest BCUT2D eigenvalue weighted by Gasteiger charge is 2.39. The summed E-state index contributed by atoms with van der Waals surface area (Å²) in [5, 5.41) is 4.99. The molecule has 0 radical (unpaired) electrons. The molecule has 0 bridgehead atoms. The van der Waals surface area contributed by atoms with Crippen LogP contribution in [0.1, 0.15) is 18.4 Å². The molecule has 4 rings (SSSR count). The van der Waals surface area contributed by atoms with Crippen molar-refractivity contribution in [1.82, 2.24) is 14.6 Å². The van der Waals surface area contributed by atoms with Gasteiger partial charge in [0.2, 0.25) is 0 Å². The number of piperidine rings is 1. The molecule has 2 N–H and O–H groups in total. The highest BCUT2D eigenvalue weighted by atomic mass is 35.5. The molecular weight excluding hydrogens is 407 g/mol. The highest BCUT2D eigenvalue weighted by Crippen LogP contribution is 2.43. The Morgan fingerprint density at radius 2 is 2.15 bits per heavy atom. The Hall–Kier alpha value is -1.25. The Bertz CT molecular complexity index is 983. The largest absolute Gasteiger partial charge is 0.358 e. The van der Waals surface area contributed by atoms with Crippen LogP contribution in [0.15, 0.2) is 24.9 Å². The van der Waals surface area contributed by atoms with Crippen molar-refractivity contribution in [2.45, 2.75) is 19.4 Å². The Morgan fingerprint density at radius 1 is 1.33 bits per heavy atom. The van der Waals surface area contributed by atoms with Crippen molar-refractivity contribution < 1.29 is 8.42 Å². The molecule has 0 spiro atoms.